The van der Waals surface area contributed by atoms with Crippen LogP contribution in [0, 0.1) is 11.3 Å². The van der Waals surface area contributed by atoms with E-state index in [1.165, 1.54) is 0 Å². The second-order valence-corrected chi connectivity index (χ2v) is 4.84. The Morgan fingerprint density at radius 1 is 1.22 bits per heavy atom. The summed E-state index contributed by atoms with van der Waals surface area (Å²) in [5.41, 5.74) is 9.04. The third-order valence-electron chi connectivity index (χ3n) is 2.72. The molecule has 0 unspecified atom stereocenters. The summed E-state index contributed by atoms with van der Waals surface area (Å²) in [5.74, 6) is 0. The zero-order valence-corrected chi connectivity index (χ0v) is 11.5. The molecule has 0 spiro atoms. The van der Waals surface area contributed by atoms with Crippen molar-refractivity contribution >= 4 is 33.0 Å². The number of hydrogen-bond acceptors (Lipinski definition) is 3. The Labute approximate surface area is 115 Å². The summed E-state index contributed by atoms with van der Waals surface area (Å²) in [7, 11) is 1.93. The summed E-state index contributed by atoms with van der Waals surface area (Å²) >= 11 is 3.44. The molecule has 0 amide bonds. The molecule has 0 aromatic heterocycles. The Morgan fingerprint density at radius 2 is 2.00 bits per heavy atom. The van der Waals surface area contributed by atoms with E-state index >= 15 is 0 Å². The van der Waals surface area contributed by atoms with Gasteiger partial charge >= 0.3 is 0 Å². The molecular weight excluding hydrogens is 290 g/mol. The van der Waals surface area contributed by atoms with Crippen LogP contribution in [0.5, 0.6) is 0 Å². The highest BCUT2D eigenvalue weighted by Crippen LogP contribution is 2.30. The van der Waals surface area contributed by atoms with Crippen molar-refractivity contribution in [3.05, 3.63) is 52.5 Å². The third kappa shape index (κ3) is 2.47. The van der Waals surface area contributed by atoms with E-state index in [0.717, 1.165) is 15.8 Å². The number of rotatable bonds is 2. The number of hydrogen-bond donors (Lipinski definition) is 1. The van der Waals surface area contributed by atoms with Gasteiger partial charge in [-0.15, -0.1) is 0 Å². The van der Waals surface area contributed by atoms with Gasteiger partial charge in [0, 0.05) is 17.2 Å². The summed E-state index contributed by atoms with van der Waals surface area (Å²) in [6, 6.07) is 15.3. The molecule has 18 heavy (non-hydrogen) atoms. The van der Waals surface area contributed by atoms with Crippen molar-refractivity contribution in [3.63, 3.8) is 0 Å². The van der Waals surface area contributed by atoms with Crippen molar-refractivity contribution in [3.8, 4) is 6.07 Å². The molecule has 0 atom stereocenters. The predicted octanol–water partition coefficient (Wildman–Crippen LogP) is 3.67. The van der Waals surface area contributed by atoms with Crippen LogP contribution < -0.4 is 10.6 Å². The Kier molecular flexibility index (Phi) is 3.54. The monoisotopic (exact) mass is 301 g/mol. The Bertz CT molecular complexity index is 617. The molecule has 2 aromatic carbocycles. The number of nitriles is 1. The van der Waals surface area contributed by atoms with Crippen molar-refractivity contribution < 1.29 is 0 Å². The molecule has 2 rings (SSSR count). The highest BCUT2D eigenvalue weighted by atomic mass is 79.9. The highest BCUT2D eigenvalue weighted by Gasteiger charge is 2.08. The predicted molar refractivity (Wildman–Crippen MR) is 77.8 cm³/mol. The van der Waals surface area contributed by atoms with Crippen molar-refractivity contribution in [2.45, 2.75) is 0 Å². The highest BCUT2D eigenvalue weighted by molar-refractivity contribution is 9.10. The largest absolute Gasteiger partial charge is 0.397 e. The van der Waals surface area contributed by atoms with Crippen LogP contribution in [0.25, 0.3) is 0 Å². The summed E-state index contributed by atoms with van der Waals surface area (Å²) in [5, 5.41) is 8.93. The Balaban J connectivity index is 2.46. The van der Waals surface area contributed by atoms with E-state index in [0.29, 0.717) is 11.3 Å². The minimum atomic E-state index is 0.598. The van der Waals surface area contributed by atoms with Gasteiger partial charge in [0.1, 0.15) is 0 Å². The van der Waals surface area contributed by atoms with Crippen LogP contribution in [0.2, 0.25) is 0 Å². The van der Waals surface area contributed by atoms with Gasteiger partial charge in [0.05, 0.1) is 23.0 Å². The average Bonchev–Trinajstić information content (AvgIpc) is 2.38. The van der Waals surface area contributed by atoms with Crippen molar-refractivity contribution in [1.29, 1.82) is 5.26 Å². The number of halogens is 1. The molecule has 0 aliphatic heterocycles. The first kappa shape index (κ1) is 12.5. The standard InChI is InChI=1S/C14H12BrN3/c1-18(12-4-2-3-11(15)8-12)14-7-10(9-16)5-6-13(14)17/h2-8H,17H2,1H3. The van der Waals surface area contributed by atoms with E-state index in [2.05, 4.69) is 22.0 Å². The van der Waals surface area contributed by atoms with E-state index in [1.54, 1.807) is 18.2 Å². The maximum atomic E-state index is 8.93. The van der Waals surface area contributed by atoms with Crippen LogP contribution >= 0.6 is 15.9 Å². The van der Waals surface area contributed by atoms with Gasteiger partial charge in [0.2, 0.25) is 0 Å². The van der Waals surface area contributed by atoms with Crippen LogP contribution in [0.3, 0.4) is 0 Å². The molecule has 2 N–H and O–H groups in total. The fourth-order valence-corrected chi connectivity index (χ4v) is 2.11. The summed E-state index contributed by atoms with van der Waals surface area (Å²) in [6.07, 6.45) is 0. The Hall–Kier alpha value is -1.99. The second kappa shape index (κ2) is 5.11. The molecule has 2 aromatic rings. The fourth-order valence-electron chi connectivity index (χ4n) is 1.73. The van der Waals surface area contributed by atoms with Crippen LogP contribution in [0.1, 0.15) is 5.56 Å². The second-order valence-electron chi connectivity index (χ2n) is 3.92. The quantitative estimate of drug-likeness (QED) is 0.861. The van der Waals surface area contributed by atoms with Crippen LogP contribution in [0.4, 0.5) is 17.1 Å². The van der Waals surface area contributed by atoms with Crippen molar-refractivity contribution in [2.24, 2.45) is 0 Å². The first-order valence-corrected chi connectivity index (χ1v) is 6.20. The van der Waals surface area contributed by atoms with Gasteiger partial charge < -0.3 is 10.6 Å². The molecule has 0 saturated carbocycles. The SMILES string of the molecule is CN(c1cccc(Br)c1)c1cc(C#N)ccc1N. The maximum Gasteiger partial charge on any atom is 0.0992 e. The normalized spacial score (nSPS) is 9.83. The lowest BCUT2D eigenvalue weighted by Gasteiger charge is -2.21. The van der Waals surface area contributed by atoms with Gasteiger partial charge in [-0.05, 0) is 36.4 Å². The van der Waals surface area contributed by atoms with Gasteiger partial charge in [-0.1, -0.05) is 22.0 Å². The van der Waals surface area contributed by atoms with Crippen LogP contribution in [-0.2, 0) is 0 Å². The summed E-state index contributed by atoms with van der Waals surface area (Å²) < 4.78 is 1.00. The summed E-state index contributed by atoms with van der Waals surface area (Å²) in [4.78, 5) is 1.96. The van der Waals surface area contributed by atoms with Gasteiger partial charge in [-0.3, -0.25) is 0 Å². The minimum absolute atomic E-state index is 0.598. The number of anilines is 3. The number of nitrogens with two attached hydrogens (primary N) is 1. The van der Waals surface area contributed by atoms with E-state index in [1.807, 2.05) is 36.2 Å². The average molecular weight is 302 g/mol. The zero-order valence-electron chi connectivity index (χ0n) is 9.89. The first-order chi connectivity index (χ1) is 8.61. The molecule has 0 radical (unpaired) electrons. The van der Waals surface area contributed by atoms with Crippen molar-refractivity contribution in [2.75, 3.05) is 17.7 Å². The molecule has 4 heteroatoms. The number of nitrogens with zero attached hydrogens (tertiary/aromatic N) is 2. The Morgan fingerprint density at radius 3 is 2.67 bits per heavy atom. The third-order valence-corrected chi connectivity index (χ3v) is 3.21. The molecule has 0 aliphatic carbocycles. The lowest BCUT2D eigenvalue weighted by molar-refractivity contribution is 1.21. The molecule has 0 saturated heterocycles. The molecule has 0 aliphatic rings. The van der Waals surface area contributed by atoms with E-state index in [9.17, 15) is 0 Å². The van der Waals surface area contributed by atoms with E-state index in [-0.39, 0.29) is 0 Å². The number of benzene rings is 2. The van der Waals surface area contributed by atoms with Gasteiger partial charge in [-0.2, -0.15) is 5.26 Å². The first-order valence-electron chi connectivity index (χ1n) is 5.41. The molecule has 3 nitrogen and oxygen atoms in total. The molecule has 0 bridgehead atoms. The van der Waals surface area contributed by atoms with Gasteiger partial charge in [-0.25, -0.2) is 0 Å². The van der Waals surface area contributed by atoms with Gasteiger partial charge in [0.15, 0.2) is 0 Å². The lowest BCUT2D eigenvalue weighted by Crippen LogP contribution is -2.11. The van der Waals surface area contributed by atoms with Crippen LogP contribution in [-0.4, -0.2) is 7.05 Å². The molecule has 90 valence electrons. The zero-order chi connectivity index (χ0) is 13.1. The molecule has 0 fully saturated rings. The smallest absolute Gasteiger partial charge is 0.0992 e. The van der Waals surface area contributed by atoms with E-state index in [4.69, 9.17) is 11.0 Å². The lowest BCUT2D eigenvalue weighted by atomic mass is 10.1. The van der Waals surface area contributed by atoms with Gasteiger partial charge in [0.25, 0.3) is 0 Å². The fraction of sp³-hybridized carbons (Fsp3) is 0.0714. The molecular formula is C14H12BrN3. The van der Waals surface area contributed by atoms with E-state index < -0.39 is 0 Å². The minimum Gasteiger partial charge on any atom is -0.397 e. The summed E-state index contributed by atoms with van der Waals surface area (Å²) in [6.45, 7) is 0. The maximum absolute atomic E-state index is 8.93. The number of nitrogen functional groups attached to an aromatic ring is 1. The molecule has 0 heterocycles. The van der Waals surface area contributed by atoms with Crippen LogP contribution in [0.15, 0.2) is 46.9 Å². The topological polar surface area (TPSA) is 53.0 Å². The van der Waals surface area contributed by atoms with Crippen molar-refractivity contribution in [1.82, 2.24) is 0 Å².